The third kappa shape index (κ3) is 4.86. The maximum Gasteiger partial charge on any atom is 0.407 e. The summed E-state index contributed by atoms with van der Waals surface area (Å²) in [7, 11) is 1.30. The number of aliphatic carboxylic acids is 1. The average Bonchev–Trinajstić information content (AvgIpc) is 3.06. The Hall–Kier alpha value is -3.39. The van der Waals surface area contributed by atoms with Crippen molar-refractivity contribution in [2.75, 3.05) is 20.3 Å². The quantitative estimate of drug-likeness (QED) is 0.598. The molecule has 0 heterocycles. The van der Waals surface area contributed by atoms with E-state index >= 15 is 0 Å². The first-order chi connectivity index (χ1) is 14.7. The molecule has 0 aromatic heterocycles. The van der Waals surface area contributed by atoms with Crippen molar-refractivity contribution in [3.63, 3.8) is 0 Å². The molecule has 164 valence electrons. The Morgan fingerprint density at radius 2 is 1.58 bits per heavy atom. The zero-order valence-corrected chi connectivity index (χ0v) is 17.7. The van der Waals surface area contributed by atoms with E-state index in [9.17, 15) is 14.4 Å². The fourth-order valence-electron chi connectivity index (χ4n) is 3.55. The molecule has 2 aromatic rings. The predicted octanol–water partition coefficient (Wildman–Crippen LogP) is 2.52. The van der Waals surface area contributed by atoms with E-state index in [1.165, 1.54) is 21.0 Å². The van der Waals surface area contributed by atoms with Gasteiger partial charge in [-0.25, -0.2) is 9.59 Å². The van der Waals surface area contributed by atoms with E-state index in [1.807, 2.05) is 36.4 Å². The van der Waals surface area contributed by atoms with E-state index in [-0.39, 0.29) is 19.1 Å². The summed E-state index contributed by atoms with van der Waals surface area (Å²) in [6.45, 7) is 2.71. The number of carbonyl (C=O) groups is 3. The molecule has 31 heavy (non-hydrogen) atoms. The molecule has 0 saturated heterocycles. The topological polar surface area (TPSA) is 114 Å². The van der Waals surface area contributed by atoms with Crippen LogP contribution in [0.1, 0.15) is 30.9 Å². The first-order valence-corrected chi connectivity index (χ1v) is 9.91. The summed E-state index contributed by atoms with van der Waals surface area (Å²) < 4.78 is 10.5. The summed E-state index contributed by atoms with van der Waals surface area (Å²) in [6, 6.07) is 16.0. The smallest absolute Gasteiger partial charge is 0.407 e. The molecule has 1 aliphatic carbocycles. The van der Waals surface area contributed by atoms with Crippen molar-refractivity contribution in [2.24, 2.45) is 0 Å². The largest absolute Gasteiger partial charge is 0.480 e. The molecular weight excluding hydrogens is 400 g/mol. The Labute approximate surface area is 180 Å². The number of carboxylic acid groups (broad SMARTS) is 1. The molecule has 2 amide bonds. The molecule has 0 spiro atoms. The second-order valence-corrected chi connectivity index (χ2v) is 7.85. The van der Waals surface area contributed by atoms with Crippen LogP contribution >= 0.6 is 0 Å². The monoisotopic (exact) mass is 426 g/mol. The van der Waals surface area contributed by atoms with Crippen LogP contribution in [0.3, 0.4) is 0 Å². The fraction of sp³-hybridized carbons (Fsp3) is 0.348. The van der Waals surface area contributed by atoms with Crippen molar-refractivity contribution in [2.45, 2.75) is 31.4 Å². The number of carbonyl (C=O) groups excluding carboxylic acids is 2. The Balaban J connectivity index is 1.57. The summed E-state index contributed by atoms with van der Waals surface area (Å²) >= 11 is 0. The van der Waals surface area contributed by atoms with Gasteiger partial charge in [0.1, 0.15) is 12.1 Å². The van der Waals surface area contributed by atoms with Gasteiger partial charge in [-0.1, -0.05) is 48.5 Å². The molecule has 2 aromatic carbocycles. The van der Waals surface area contributed by atoms with Crippen LogP contribution in [-0.4, -0.2) is 55.0 Å². The highest BCUT2D eigenvalue weighted by molar-refractivity contribution is 5.89. The van der Waals surface area contributed by atoms with Crippen LogP contribution in [0.5, 0.6) is 0 Å². The molecule has 0 fully saturated rings. The van der Waals surface area contributed by atoms with E-state index in [2.05, 4.69) is 22.8 Å². The van der Waals surface area contributed by atoms with Crippen LogP contribution in [0, 0.1) is 0 Å². The number of methoxy groups -OCH3 is 1. The third-order valence-corrected chi connectivity index (χ3v) is 5.32. The Bertz CT molecular complexity index is 942. The lowest BCUT2D eigenvalue weighted by Crippen LogP contribution is -2.55. The van der Waals surface area contributed by atoms with Crippen LogP contribution < -0.4 is 10.6 Å². The van der Waals surface area contributed by atoms with E-state index in [4.69, 9.17) is 14.6 Å². The molecule has 1 atom stereocenters. The van der Waals surface area contributed by atoms with Gasteiger partial charge in [-0.2, -0.15) is 0 Å². The van der Waals surface area contributed by atoms with Gasteiger partial charge in [-0.15, -0.1) is 0 Å². The summed E-state index contributed by atoms with van der Waals surface area (Å²) in [6.07, 6.45) is -1.74. The molecule has 0 aliphatic heterocycles. The SMILES string of the molecule is COC(CNC(=O)OCC1c2ccccc2-c2ccccc21)C(=O)NC(C)(C)C(=O)O. The standard InChI is InChI=1S/C23H26N2O6/c1-23(2,21(27)28)25-20(26)19(30-3)12-24-22(29)31-13-18-16-10-6-4-8-14(16)15-9-5-7-11-17(15)18/h4-11,18-19H,12-13H2,1-3H3,(H,24,29)(H,25,26)(H,27,28). The lowest BCUT2D eigenvalue weighted by Gasteiger charge is -2.24. The highest BCUT2D eigenvalue weighted by Crippen LogP contribution is 2.44. The van der Waals surface area contributed by atoms with Gasteiger partial charge >= 0.3 is 12.1 Å². The maximum absolute atomic E-state index is 12.3. The second-order valence-electron chi connectivity index (χ2n) is 7.85. The number of fused-ring (bicyclic) bond motifs is 3. The number of amides is 2. The maximum atomic E-state index is 12.3. The van der Waals surface area contributed by atoms with E-state index < -0.39 is 29.6 Å². The summed E-state index contributed by atoms with van der Waals surface area (Å²) in [5, 5.41) is 14.0. The van der Waals surface area contributed by atoms with Crippen molar-refractivity contribution < 1.29 is 29.0 Å². The summed E-state index contributed by atoms with van der Waals surface area (Å²) in [4.78, 5) is 35.7. The molecule has 3 N–H and O–H groups in total. The van der Waals surface area contributed by atoms with E-state index in [0.717, 1.165) is 22.3 Å². The highest BCUT2D eigenvalue weighted by Gasteiger charge is 2.32. The number of hydrogen-bond donors (Lipinski definition) is 3. The van der Waals surface area contributed by atoms with Gasteiger partial charge in [-0.3, -0.25) is 4.79 Å². The number of rotatable bonds is 8. The summed E-state index contributed by atoms with van der Waals surface area (Å²) in [5.74, 6) is -1.90. The first-order valence-electron chi connectivity index (χ1n) is 9.91. The Morgan fingerprint density at radius 1 is 1.03 bits per heavy atom. The minimum absolute atomic E-state index is 0.0731. The fourth-order valence-corrected chi connectivity index (χ4v) is 3.55. The van der Waals surface area contributed by atoms with Gasteiger partial charge in [0, 0.05) is 13.0 Å². The molecule has 0 saturated carbocycles. The Morgan fingerprint density at radius 3 is 2.10 bits per heavy atom. The second kappa shape index (κ2) is 9.18. The zero-order chi connectivity index (χ0) is 22.6. The van der Waals surface area contributed by atoms with Crippen LogP contribution in [0.15, 0.2) is 48.5 Å². The van der Waals surface area contributed by atoms with Crippen LogP contribution in [-0.2, 0) is 19.1 Å². The van der Waals surface area contributed by atoms with Crippen molar-refractivity contribution in [3.05, 3.63) is 59.7 Å². The molecular formula is C23H26N2O6. The van der Waals surface area contributed by atoms with Crippen LogP contribution in [0.2, 0.25) is 0 Å². The normalized spacial score (nSPS) is 13.6. The van der Waals surface area contributed by atoms with Gasteiger partial charge < -0.3 is 25.2 Å². The molecule has 8 heteroatoms. The zero-order valence-electron chi connectivity index (χ0n) is 17.7. The van der Waals surface area contributed by atoms with Crippen LogP contribution in [0.25, 0.3) is 11.1 Å². The van der Waals surface area contributed by atoms with Crippen molar-refractivity contribution in [1.29, 1.82) is 0 Å². The summed E-state index contributed by atoms with van der Waals surface area (Å²) in [5.41, 5.74) is 2.99. The lowest BCUT2D eigenvalue weighted by molar-refractivity contribution is -0.148. The van der Waals surface area contributed by atoms with Crippen molar-refractivity contribution in [3.8, 4) is 11.1 Å². The minimum Gasteiger partial charge on any atom is -0.480 e. The molecule has 0 radical (unpaired) electrons. The number of nitrogens with one attached hydrogen (secondary N) is 2. The number of ether oxygens (including phenoxy) is 2. The van der Waals surface area contributed by atoms with Gasteiger partial charge in [0.2, 0.25) is 0 Å². The minimum atomic E-state index is -1.46. The predicted molar refractivity (Wildman–Crippen MR) is 114 cm³/mol. The third-order valence-electron chi connectivity index (χ3n) is 5.32. The highest BCUT2D eigenvalue weighted by atomic mass is 16.5. The number of hydrogen-bond acceptors (Lipinski definition) is 5. The van der Waals surface area contributed by atoms with Gasteiger partial charge in [0.05, 0.1) is 6.54 Å². The molecule has 1 unspecified atom stereocenters. The lowest BCUT2D eigenvalue weighted by atomic mass is 9.98. The van der Waals surface area contributed by atoms with Gasteiger partial charge in [-0.05, 0) is 36.1 Å². The Kier molecular flexibility index (Phi) is 6.60. The molecule has 3 rings (SSSR count). The van der Waals surface area contributed by atoms with Gasteiger partial charge in [0.25, 0.3) is 5.91 Å². The van der Waals surface area contributed by atoms with E-state index in [0.29, 0.717) is 0 Å². The van der Waals surface area contributed by atoms with Crippen LogP contribution in [0.4, 0.5) is 4.79 Å². The van der Waals surface area contributed by atoms with Crippen molar-refractivity contribution >= 4 is 18.0 Å². The molecule has 8 nitrogen and oxygen atoms in total. The first kappa shape index (κ1) is 22.3. The average molecular weight is 426 g/mol. The number of carboxylic acids is 1. The molecule has 0 bridgehead atoms. The number of alkyl carbamates (subject to hydrolysis) is 1. The number of benzene rings is 2. The van der Waals surface area contributed by atoms with Crippen molar-refractivity contribution in [1.82, 2.24) is 10.6 Å². The molecule has 1 aliphatic rings. The van der Waals surface area contributed by atoms with Gasteiger partial charge in [0.15, 0.2) is 6.10 Å². The van der Waals surface area contributed by atoms with E-state index in [1.54, 1.807) is 0 Å².